The van der Waals surface area contributed by atoms with Gasteiger partial charge in [-0.3, -0.25) is 9.78 Å². The zero-order valence-corrected chi connectivity index (χ0v) is 20.6. The monoisotopic (exact) mass is 463 g/mol. The summed E-state index contributed by atoms with van der Waals surface area (Å²) in [5, 5.41) is 0. The summed E-state index contributed by atoms with van der Waals surface area (Å²) in [7, 11) is 0. The first-order chi connectivity index (χ1) is 15.7. The number of carbonyl (C=O) groups is 2. The number of nitrogens with zero attached hydrogens (tertiary/aromatic N) is 3. The second-order valence-corrected chi connectivity index (χ2v) is 8.76. The van der Waals surface area contributed by atoms with E-state index in [0.29, 0.717) is 23.5 Å². The molecular formula is C25H41N3O3S. The van der Waals surface area contributed by atoms with E-state index in [1.165, 1.54) is 96.1 Å². The quantitative estimate of drug-likeness (QED) is 0.206. The lowest BCUT2D eigenvalue weighted by Gasteiger charge is -2.03. The summed E-state index contributed by atoms with van der Waals surface area (Å²) in [6.07, 6.45) is 23.2. The molecule has 0 saturated carbocycles. The van der Waals surface area contributed by atoms with Crippen molar-refractivity contribution in [1.82, 2.24) is 4.98 Å². The van der Waals surface area contributed by atoms with Gasteiger partial charge in [-0.2, -0.15) is 0 Å². The van der Waals surface area contributed by atoms with Crippen molar-refractivity contribution >= 4 is 23.4 Å². The number of rotatable bonds is 18. The highest BCUT2D eigenvalue weighted by Crippen LogP contribution is 2.13. The average Bonchev–Trinajstić information content (AvgIpc) is 2.81. The highest BCUT2D eigenvalue weighted by Gasteiger charge is 2.02. The number of pyridine rings is 1. The van der Waals surface area contributed by atoms with Crippen LogP contribution in [0.25, 0.3) is 0 Å². The van der Waals surface area contributed by atoms with E-state index < -0.39 is 12.0 Å². The molecule has 0 radical (unpaired) electrons. The number of ether oxygens (including phenoxy) is 1. The summed E-state index contributed by atoms with van der Waals surface area (Å²) in [6, 6.07) is 3.26. The number of unbranched alkanes of at least 4 members (excludes halogenated alkanes) is 15. The molecule has 0 aliphatic carbocycles. The van der Waals surface area contributed by atoms with Crippen LogP contribution in [0, 0.1) is 0 Å². The molecule has 0 aliphatic heterocycles. The number of amides is 2. The lowest BCUT2D eigenvalue weighted by molar-refractivity contribution is 0.101. The fraction of sp³-hybridized carbons (Fsp3) is 0.720. The third-order valence-corrected chi connectivity index (χ3v) is 5.85. The average molecular weight is 464 g/mol. The molecule has 2 amide bonds. The second-order valence-electron chi connectivity index (χ2n) is 8.23. The second kappa shape index (κ2) is 21.0. The van der Waals surface area contributed by atoms with Crippen molar-refractivity contribution in [2.24, 2.45) is 8.73 Å². The van der Waals surface area contributed by atoms with Crippen molar-refractivity contribution in [3.8, 4) is 0 Å². The molecule has 180 valence electrons. The van der Waals surface area contributed by atoms with Crippen LogP contribution in [-0.4, -0.2) is 23.6 Å². The zero-order valence-electron chi connectivity index (χ0n) is 19.8. The van der Waals surface area contributed by atoms with E-state index in [1.807, 2.05) is 0 Å². The van der Waals surface area contributed by atoms with Crippen molar-refractivity contribution in [2.75, 3.05) is 6.61 Å². The molecule has 1 rings (SSSR count). The molecule has 6 nitrogen and oxygen atoms in total. The van der Waals surface area contributed by atoms with E-state index in [0.717, 1.165) is 12.8 Å². The lowest BCUT2D eigenvalue weighted by atomic mass is 10.0. The summed E-state index contributed by atoms with van der Waals surface area (Å²) in [6.45, 7) is 2.63. The molecule has 7 heteroatoms. The normalized spacial score (nSPS) is 10.5. The Morgan fingerprint density at radius 1 is 0.812 bits per heavy atom. The Morgan fingerprint density at radius 3 is 1.84 bits per heavy atom. The number of carbonyl (C=O) groups excluding carboxylic acids is 2. The van der Waals surface area contributed by atoms with Gasteiger partial charge in [0.2, 0.25) is 0 Å². The van der Waals surface area contributed by atoms with Crippen LogP contribution in [-0.2, 0) is 16.1 Å². The Bertz CT molecular complexity index is 676. The molecule has 0 saturated heterocycles. The lowest BCUT2D eigenvalue weighted by Crippen LogP contribution is -2.00. The summed E-state index contributed by atoms with van der Waals surface area (Å²) in [5.41, 5.74) is 0.358. The van der Waals surface area contributed by atoms with Gasteiger partial charge in [-0.15, -0.1) is 4.36 Å². The first-order valence-corrected chi connectivity index (χ1v) is 13.2. The van der Waals surface area contributed by atoms with Crippen molar-refractivity contribution in [1.29, 1.82) is 0 Å². The van der Waals surface area contributed by atoms with Crippen LogP contribution in [0.4, 0.5) is 4.79 Å². The maximum atomic E-state index is 11.7. The van der Waals surface area contributed by atoms with Crippen LogP contribution in [0.5, 0.6) is 0 Å². The number of hydrogen-bond acceptors (Lipinski definition) is 4. The van der Waals surface area contributed by atoms with E-state index in [9.17, 15) is 9.59 Å². The maximum absolute atomic E-state index is 11.7. The number of hydrogen-bond donors (Lipinski definition) is 0. The fourth-order valence-electron chi connectivity index (χ4n) is 3.47. The molecule has 0 N–H and O–H groups in total. The Balaban J connectivity index is 1.87. The molecule has 32 heavy (non-hydrogen) atoms. The molecular weight excluding hydrogens is 422 g/mol. The summed E-state index contributed by atoms with van der Waals surface area (Å²) < 4.78 is 12.2. The topological polar surface area (TPSA) is 81.0 Å². The summed E-state index contributed by atoms with van der Waals surface area (Å²) in [5.74, 6) is -0.475. The van der Waals surface area contributed by atoms with E-state index in [4.69, 9.17) is 4.74 Å². The predicted octanol–water partition coefficient (Wildman–Crippen LogP) is 8.07. The predicted molar refractivity (Wildman–Crippen MR) is 132 cm³/mol. The Labute approximate surface area is 197 Å². The van der Waals surface area contributed by atoms with Crippen LogP contribution < -0.4 is 0 Å². The minimum absolute atomic E-state index is 0.358. The van der Waals surface area contributed by atoms with Crippen molar-refractivity contribution in [2.45, 2.75) is 110 Å². The zero-order chi connectivity index (χ0) is 23.1. The van der Waals surface area contributed by atoms with Gasteiger partial charge in [0.1, 0.15) is 0 Å². The van der Waals surface area contributed by atoms with Crippen LogP contribution in [0.3, 0.4) is 0 Å². The molecule has 0 fully saturated rings. The van der Waals surface area contributed by atoms with Gasteiger partial charge in [0.25, 0.3) is 5.91 Å². The maximum Gasteiger partial charge on any atom is 0.445 e. The molecule has 0 spiro atoms. The largest absolute Gasteiger partial charge is 0.447 e. The van der Waals surface area contributed by atoms with Gasteiger partial charge in [-0.05, 0) is 18.6 Å². The Hall–Kier alpha value is -1.89. The van der Waals surface area contributed by atoms with Gasteiger partial charge >= 0.3 is 6.09 Å². The van der Waals surface area contributed by atoms with Gasteiger partial charge in [0.15, 0.2) is 0 Å². The molecule has 1 aromatic rings. The minimum Gasteiger partial charge on any atom is -0.447 e. The van der Waals surface area contributed by atoms with Gasteiger partial charge in [-0.25, -0.2) is 4.79 Å². The molecule has 0 atom stereocenters. The van der Waals surface area contributed by atoms with E-state index in [2.05, 4.69) is 20.6 Å². The Morgan fingerprint density at radius 2 is 1.34 bits per heavy atom. The van der Waals surface area contributed by atoms with Gasteiger partial charge in [0, 0.05) is 12.4 Å². The highest BCUT2D eigenvalue weighted by molar-refractivity contribution is 7.58. The van der Waals surface area contributed by atoms with Gasteiger partial charge in [-0.1, -0.05) is 108 Å². The first-order valence-electron chi connectivity index (χ1n) is 12.4. The molecule has 0 aromatic carbocycles. The standard InChI is InChI=1S/C25H41N3O3S/c1-2-3-4-5-6-7-8-9-10-11-12-13-14-15-16-17-21-31-25(30)28-32-27-24(29)23-19-18-20-26-22-23/h18-20,22H,2-17,21H2,1H3. The van der Waals surface area contributed by atoms with E-state index in [1.54, 1.807) is 18.3 Å². The van der Waals surface area contributed by atoms with Crippen molar-refractivity contribution in [3.05, 3.63) is 30.1 Å². The summed E-state index contributed by atoms with van der Waals surface area (Å²) in [4.78, 5) is 27.1. The molecule has 0 bridgehead atoms. The first kappa shape index (κ1) is 28.1. The van der Waals surface area contributed by atoms with Crippen LogP contribution in [0.2, 0.25) is 0 Å². The van der Waals surface area contributed by atoms with Crippen molar-refractivity contribution < 1.29 is 14.3 Å². The third kappa shape index (κ3) is 16.8. The minimum atomic E-state index is -0.696. The Kier molecular flexibility index (Phi) is 18.5. The SMILES string of the molecule is CCCCCCCCCCCCCCCCCCOC(=O)N=S=NC(=O)c1cccnc1. The molecule has 0 aliphatic rings. The molecule has 1 heterocycles. The third-order valence-electron chi connectivity index (χ3n) is 5.37. The summed E-state index contributed by atoms with van der Waals surface area (Å²) >= 11 is 0.552. The van der Waals surface area contributed by atoms with E-state index in [-0.39, 0.29) is 0 Å². The molecule has 0 unspecified atom stereocenters. The molecule has 1 aromatic heterocycles. The van der Waals surface area contributed by atoms with Crippen LogP contribution >= 0.6 is 0 Å². The van der Waals surface area contributed by atoms with Crippen LogP contribution in [0.15, 0.2) is 33.3 Å². The van der Waals surface area contributed by atoms with E-state index >= 15 is 0 Å². The van der Waals surface area contributed by atoms with Gasteiger partial charge < -0.3 is 4.74 Å². The van der Waals surface area contributed by atoms with Gasteiger partial charge in [0.05, 0.1) is 23.5 Å². The smallest absolute Gasteiger partial charge is 0.445 e. The fourth-order valence-corrected chi connectivity index (χ4v) is 3.81. The highest BCUT2D eigenvalue weighted by atomic mass is 32.1. The van der Waals surface area contributed by atoms with Crippen LogP contribution in [0.1, 0.15) is 120 Å². The number of aromatic nitrogens is 1. The van der Waals surface area contributed by atoms with Crippen molar-refractivity contribution in [3.63, 3.8) is 0 Å².